The van der Waals surface area contributed by atoms with E-state index in [1.54, 1.807) is 6.20 Å². The van der Waals surface area contributed by atoms with Crippen LogP contribution in [0.1, 0.15) is 32.0 Å². The predicted octanol–water partition coefficient (Wildman–Crippen LogP) is 1.97. The molecular formula is C17H26N4O. The summed E-state index contributed by atoms with van der Waals surface area (Å²) in [6, 6.07) is 5.88. The Morgan fingerprint density at radius 3 is 2.73 bits per heavy atom. The summed E-state index contributed by atoms with van der Waals surface area (Å²) in [5, 5.41) is 17.3. The van der Waals surface area contributed by atoms with Crippen molar-refractivity contribution in [3.63, 3.8) is 0 Å². The number of aromatic nitrogens is 3. The van der Waals surface area contributed by atoms with E-state index in [9.17, 15) is 5.11 Å². The summed E-state index contributed by atoms with van der Waals surface area (Å²) < 4.78 is 1.97. The lowest BCUT2D eigenvalue weighted by molar-refractivity contribution is 0.220. The molecule has 120 valence electrons. The Hall–Kier alpha value is -1.72. The largest absolute Gasteiger partial charge is 0.396 e. The molecule has 2 aromatic heterocycles. The lowest BCUT2D eigenvalue weighted by Gasteiger charge is -2.18. The van der Waals surface area contributed by atoms with Crippen LogP contribution >= 0.6 is 0 Å². The number of aliphatic hydroxyl groups excluding tert-OH is 1. The minimum absolute atomic E-state index is 0.00482. The predicted molar refractivity (Wildman–Crippen MR) is 87.4 cm³/mol. The highest BCUT2D eigenvalue weighted by Gasteiger charge is 2.14. The Bertz CT molecular complexity index is 560. The molecule has 0 aliphatic heterocycles. The van der Waals surface area contributed by atoms with E-state index in [0.29, 0.717) is 0 Å². The van der Waals surface area contributed by atoms with E-state index in [0.717, 1.165) is 30.8 Å². The number of nitrogens with zero attached hydrogens (tertiary/aromatic N) is 3. The summed E-state index contributed by atoms with van der Waals surface area (Å²) in [6.07, 6.45) is 6.54. The van der Waals surface area contributed by atoms with Gasteiger partial charge in [-0.1, -0.05) is 6.07 Å². The van der Waals surface area contributed by atoms with Crippen LogP contribution in [-0.4, -0.2) is 33.0 Å². The SMILES string of the molecule is CC(C)(C)n1cc(CNCC(CO)Cc2ccccn2)cn1. The molecule has 5 nitrogen and oxygen atoms in total. The first-order valence-corrected chi connectivity index (χ1v) is 7.74. The maximum atomic E-state index is 9.51. The zero-order valence-electron chi connectivity index (χ0n) is 13.7. The van der Waals surface area contributed by atoms with Crippen molar-refractivity contribution in [1.29, 1.82) is 0 Å². The summed E-state index contributed by atoms with van der Waals surface area (Å²) in [4.78, 5) is 4.31. The summed E-state index contributed by atoms with van der Waals surface area (Å²) >= 11 is 0. The van der Waals surface area contributed by atoms with Crippen molar-refractivity contribution in [2.45, 2.75) is 39.3 Å². The van der Waals surface area contributed by atoms with Crippen molar-refractivity contribution in [1.82, 2.24) is 20.1 Å². The molecule has 2 rings (SSSR count). The fourth-order valence-electron chi connectivity index (χ4n) is 2.25. The molecule has 1 atom stereocenters. The maximum absolute atomic E-state index is 9.51. The van der Waals surface area contributed by atoms with Crippen LogP contribution in [0.25, 0.3) is 0 Å². The first-order chi connectivity index (χ1) is 10.5. The Kier molecular flexibility index (Phi) is 5.69. The summed E-state index contributed by atoms with van der Waals surface area (Å²) in [7, 11) is 0. The number of rotatable bonds is 7. The molecule has 1 unspecified atom stereocenters. The Balaban J connectivity index is 1.80. The molecule has 0 aliphatic carbocycles. The van der Waals surface area contributed by atoms with Crippen LogP contribution in [0, 0.1) is 5.92 Å². The molecule has 0 fully saturated rings. The molecule has 0 bridgehead atoms. The molecule has 2 N–H and O–H groups in total. The maximum Gasteiger partial charge on any atom is 0.0543 e. The smallest absolute Gasteiger partial charge is 0.0543 e. The van der Waals surface area contributed by atoms with Gasteiger partial charge in [0.2, 0.25) is 0 Å². The first-order valence-electron chi connectivity index (χ1n) is 7.74. The van der Waals surface area contributed by atoms with Gasteiger partial charge in [0.15, 0.2) is 0 Å². The number of nitrogens with one attached hydrogen (secondary N) is 1. The molecule has 0 spiro atoms. The summed E-state index contributed by atoms with van der Waals surface area (Å²) in [5.74, 6) is 0.174. The molecule has 0 aromatic carbocycles. The second kappa shape index (κ2) is 7.51. The summed E-state index contributed by atoms with van der Waals surface area (Å²) in [5.41, 5.74) is 2.18. The molecule has 0 radical (unpaired) electrons. The van der Waals surface area contributed by atoms with Gasteiger partial charge in [-0.3, -0.25) is 9.67 Å². The number of hydrogen-bond acceptors (Lipinski definition) is 4. The third-order valence-electron chi connectivity index (χ3n) is 3.57. The van der Waals surface area contributed by atoms with E-state index in [1.165, 1.54) is 0 Å². The zero-order valence-corrected chi connectivity index (χ0v) is 13.7. The Morgan fingerprint density at radius 2 is 2.14 bits per heavy atom. The molecule has 0 saturated heterocycles. The van der Waals surface area contributed by atoms with Gasteiger partial charge < -0.3 is 10.4 Å². The van der Waals surface area contributed by atoms with Crippen LogP contribution in [-0.2, 0) is 18.5 Å². The third kappa shape index (κ3) is 4.93. The summed E-state index contributed by atoms with van der Waals surface area (Å²) in [6.45, 7) is 8.07. The first kappa shape index (κ1) is 16.6. The van der Waals surface area contributed by atoms with Crippen LogP contribution < -0.4 is 5.32 Å². The number of pyridine rings is 1. The monoisotopic (exact) mass is 302 g/mol. The molecular weight excluding hydrogens is 276 g/mol. The van der Waals surface area contributed by atoms with Crippen molar-refractivity contribution in [2.75, 3.05) is 13.2 Å². The Labute approximate surface area is 132 Å². The highest BCUT2D eigenvalue weighted by Crippen LogP contribution is 2.13. The fraction of sp³-hybridized carbons (Fsp3) is 0.529. The van der Waals surface area contributed by atoms with E-state index < -0.39 is 0 Å². The van der Waals surface area contributed by atoms with Gasteiger partial charge in [0, 0.05) is 43.3 Å². The molecule has 0 amide bonds. The minimum atomic E-state index is 0.00482. The van der Waals surface area contributed by atoms with Crippen molar-refractivity contribution in [3.05, 3.63) is 48.0 Å². The van der Waals surface area contributed by atoms with Crippen LogP contribution in [0.3, 0.4) is 0 Å². The van der Waals surface area contributed by atoms with E-state index in [4.69, 9.17) is 0 Å². The van der Waals surface area contributed by atoms with Crippen LogP contribution in [0.15, 0.2) is 36.8 Å². The van der Waals surface area contributed by atoms with Crippen molar-refractivity contribution in [2.24, 2.45) is 5.92 Å². The molecule has 5 heteroatoms. The third-order valence-corrected chi connectivity index (χ3v) is 3.57. The molecule has 22 heavy (non-hydrogen) atoms. The quantitative estimate of drug-likeness (QED) is 0.821. The lowest BCUT2D eigenvalue weighted by Crippen LogP contribution is -2.26. The second-order valence-corrected chi connectivity index (χ2v) is 6.67. The normalized spacial score (nSPS) is 13.3. The Morgan fingerprint density at radius 1 is 1.32 bits per heavy atom. The van der Waals surface area contributed by atoms with Gasteiger partial charge in [-0.25, -0.2) is 0 Å². The standard InChI is InChI=1S/C17H26N4O/c1-17(2,3)21-12-15(11-20-21)10-18-9-14(13-22)8-16-6-4-5-7-19-16/h4-7,11-12,14,18,22H,8-10,13H2,1-3H3. The van der Waals surface area contributed by atoms with Gasteiger partial charge in [0.05, 0.1) is 11.7 Å². The average molecular weight is 302 g/mol. The minimum Gasteiger partial charge on any atom is -0.396 e. The van der Waals surface area contributed by atoms with Crippen molar-refractivity contribution in [3.8, 4) is 0 Å². The van der Waals surface area contributed by atoms with Crippen molar-refractivity contribution < 1.29 is 5.11 Å². The van der Waals surface area contributed by atoms with Gasteiger partial charge >= 0.3 is 0 Å². The number of hydrogen-bond donors (Lipinski definition) is 2. The lowest BCUT2D eigenvalue weighted by atomic mass is 10.0. The van der Waals surface area contributed by atoms with E-state index in [2.05, 4.69) is 42.4 Å². The van der Waals surface area contributed by atoms with Gasteiger partial charge in [-0.15, -0.1) is 0 Å². The fourth-order valence-corrected chi connectivity index (χ4v) is 2.25. The molecule has 0 aliphatic rings. The molecule has 2 aromatic rings. The highest BCUT2D eigenvalue weighted by molar-refractivity contribution is 5.06. The van der Waals surface area contributed by atoms with E-state index >= 15 is 0 Å². The van der Waals surface area contributed by atoms with Gasteiger partial charge in [-0.2, -0.15) is 5.10 Å². The van der Waals surface area contributed by atoms with Gasteiger partial charge in [0.25, 0.3) is 0 Å². The van der Waals surface area contributed by atoms with E-state index in [-0.39, 0.29) is 18.1 Å². The zero-order chi connectivity index (χ0) is 16.0. The topological polar surface area (TPSA) is 63.0 Å². The number of aliphatic hydroxyl groups is 1. The van der Waals surface area contributed by atoms with Crippen LogP contribution in [0.5, 0.6) is 0 Å². The van der Waals surface area contributed by atoms with Crippen LogP contribution in [0.2, 0.25) is 0 Å². The average Bonchev–Trinajstić information content (AvgIpc) is 2.96. The van der Waals surface area contributed by atoms with Crippen LogP contribution in [0.4, 0.5) is 0 Å². The van der Waals surface area contributed by atoms with Gasteiger partial charge in [0.1, 0.15) is 0 Å². The second-order valence-electron chi connectivity index (χ2n) is 6.67. The van der Waals surface area contributed by atoms with Crippen molar-refractivity contribution >= 4 is 0 Å². The van der Waals surface area contributed by atoms with Gasteiger partial charge in [-0.05, 0) is 45.2 Å². The highest BCUT2D eigenvalue weighted by atomic mass is 16.3. The molecule has 2 heterocycles. The van der Waals surface area contributed by atoms with E-state index in [1.807, 2.05) is 29.1 Å². The molecule has 0 saturated carbocycles.